The van der Waals surface area contributed by atoms with Crippen LogP contribution in [0.15, 0.2) is 24.3 Å². The Morgan fingerprint density at radius 2 is 2.06 bits per heavy atom. The van der Waals surface area contributed by atoms with Crippen LogP contribution in [-0.4, -0.2) is 13.2 Å². The Kier molecular flexibility index (Phi) is 3.43. The summed E-state index contributed by atoms with van der Waals surface area (Å²) in [5.41, 5.74) is 1.24. The maximum absolute atomic E-state index is 8.91. The van der Waals surface area contributed by atoms with Gasteiger partial charge in [0.25, 0.3) is 0 Å². The molecule has 1 aliphatic heterocycles. The fraction of sp³-hybridized carbons (Fsp3) is 0.462. The number of rotatable bonds is 2. The molecule has 0 aliphatic carbocycles. The lowest BCUT2D eigenvalue weighted by Gasteiger charge is -2.27. The molecule has 0 spiro atoms. The Balaban J connectivity index is 2.08. The monoisotopic (exact) mass is 216 g/mol. The topological polar surface area (TPSA) is 45.0 Å². The van der Waals surface area contributed by atoms with Crippen molar-refractivity contribution in [2.45, 2.75) is 31.3 Å². The van der Waals surface area contributed by atoms with E-state index in [9.17, 15) is 0 Å². The van der Waals surface area contributed by atoms with E-state index in [0.717, 1.165) is 25.0 Å². The van der Waals surface area contributed by atoms with Crippen LogP contribution < -0.4 is 10.1 Å². The molecule has 3 nitrogen and oxygen atoms in total. The molecule has 1 fully saturated rings. The van der Waals surface area contributed by atoms with Crippen LogP contribution in [0.5, 0.6) is 5.75 Å². The number of hydrogen-bond donors (Lipinski definition) is 1. The summed E-state index contributed by atoms with van der Waals surface area (Å²) < 4.78 is 5.13. The SMILES string of the molecule is COc1ccc(C2CCCC(C#N)N2)cc1. The van der Waals surface area contributed by atoms with E-state index in [1.807, 2.05) is 12.1 Å². The fourth-order valence-corrected chi connectivity index (χ4v) is 2.14. The van der Waals surface area contributed by atoms with E-state index >= 15 is 0 Å². The number of nitrogens with zero attached hydrogens (tertiary/aromatic N) is 1. The summed E-state index contributed by atoms with van der Waals surface area (Å²) in [4.78, 5) is 0. The van der Waals surface area contributed by atoms with E-state index in [2.05, 4.69) is 23.5 Å². The molecule has 0 bridgehead atoms. The molecule has 1 saturated heterocycles. The average molecular weight is 216 g/mol. The Hall–Kier alpha value is -1.53. The Morgan fingerprint density at radius 3 is 2.69 bits per heavy atom. The van der Waals surface area contributed by atoms with Crippen molar-refractivity contribution in [1.29, 1.82) is 5.26 Å². The second-order valence-corrected chi connectivity index (χ2v) is 4.11. The van der Waals surface area contributed by atoms with Gasteiger partial charge in [0.2, 0.25) is 0 Å². The van der Waals surface area contributed by atoms with Gasteiger partial charge >= 0.3 is 0 Å². The van der Waals surface area contributed by atoms with Crippen LogP contribution in [-0.2, 0) is 0 Å². The highest BCUT2D eigenvalue weighted by Gasteiger charge is 2.21. The van der Waals surface area contributed by atoms with Crippen molar-refractivity contribution < 1.29 is 4.74 Å². The standard InChI is InChI=1S/C13H16N2O/c1-16-12-7-5-10(6-8-12)13-4-2-3-11(9-14)15-13/h5-8,11,13,15H,2-4H2,1H3. The first-order valence-electron chi connectivity index (χ1n) is 5.63. The largest absolute Gasteiger partial charge is 0.497 e. The van der Waals surface area contributed by atoms with E-state index in [4.69, 9.17) is 10.00 Å². The van der Waals surface area contributed by atoms with Gasteiger partial charge in [0.05, 0.1) is 19.2 Å². The summed E-state index contributed by atoms with van der Waals surface area (Å²) in [6.45, 7) is 0. The van der Waals surface area contributed by atoms with Gasteiger partial charge in [-0.3, -0.25) is 5.32 Å². The van der Waals surface area contributed by atoms with Crippen LogP contribution in [0.1, 0.15) is 30.9 Å². The summed E-state index contributed by atoms with van der Waals surface area (Å²) in [7, 11) is 1.67. The van der Waals surface area contributed by atoms with Crippen LogP contribution in [0.3, 0.4) is 0 Å². The van der Waals surface area contributed by atoms with E-state index in [1.54, 1.807) is 7.11 Å². The van der Waals surface area contributed by atoms with Gasteiger partial charge in [0, 0.05) is 6.04 Å². The Labute approximate surface area is 96.0 Å². The summed E-state index contributed by atoms with van der Waals surface area (Å²) in [6, 6.07) is 10.7. The molecule has 0 saturated carbocycles. The molecule has 2 unspecified atom stereocenters. The highest BCUT2D eigenvalue weighted by atomic mass is 16.5. The molecule has 1 aromatic carbocycles. The molecule has 16 heavy (non-hydrogen) atoms. The van der Waals surface area contributed by atoms with Gasteiger partial charge < -0.3 is 4.74 Å². The third kappa shape index (κ3) is 2.34. The van der Waals surface area contributed by atoms with E-state index < -0.39 is 0 Å². The quantitative estimate of drug-likeness (QED) is 0.825. The fourth-order valence-electron chi connectivity index (χ4n) is 2.14. The van der Waals surface area contributed by atoms with Crippen molar-refractivity contribution in [3.63, 3.8) is 0 Å². The van der Waals surface area contributed by atoms with Crippen molar-refractivity contribution >= 4 is 0 Å². The first-order chi connectivity index (χ1) is 7.83. The molecule has 1 N–H and O–H groups in total. The lowest BCUT2D eigenvalue weighted by Crippen LogP contribution is -2.35. The number of ether oxygens (including phenoxy) is 1. The average Bonchev–Trinajstić information content (AvgIpc) is 2.39. The van der Waals surface area contributed by atoms with Gasteiger partial charge in [-0.25, -0.2) is 0 Å². The van der Waals surface area contributed by atoms with E-state index in [0.29, 0.717) is 6.04 Å². The summed E-state index contributed by atoms with van der Waals surface area (Å²) in [5.74, 6) is 0.872. The van der Waals surface area contributed by atoms with Gasteiger partial charge in [0.1, 0.15) is 5.75 Å². The molecule has 0 aromatic heterocycles. The van der Waals surface area contributed by atoms with E-state index in [-0.39, 0.29) is 6.04 Å². The van der Waals surface area contributed by atoms with Gasteiger partial charge in [-0.2, -0.15) is 5.26 Å². The summed E-state index contributed by atoms with van der Waals surface area (Å²) in [5, 5.41) is 12.3. The predicted molar refractivity (Wildman–Crippen MR) is 62.1 cm³/mol. The lowest BCUT2D eigenvalue weighted by atomic mass is 9.94. The zero-order valence-corrected chi connectivity index (χ0v) is 9.44. The van der Waals surface area contributed by atoms with Crippen molar-refractivity contribution in [3.8, 4) is 11.8 Å². The van der Waals surface area contributed by atoms with E-state index in [1.165, 1.54) is 5.56 Å². The first kappa shape index (κ1) is 11.0. The molecule has 3 heteroatoms. The highest BCUT2D eigenvalue weighted by molar-refractivity contribution is 5.29. The minimum Gasteiger partial charge on any atom is -0.497 e. The lowest BCUT2D eigenvalue weighted by molar-refractivity contribution is 0.367. The molecule has 0 amide bonds. The van der Waals surface area contributed by atoms with Gasteiger partial charge in [-0.1, -0.05) is 12.1 Å². The van der Waals surface area contributed by atoms with Crippen molar-refractivity contribution in [2.75, 3.05) is 7.11 Å². The van der Waals surface area contributed by atoms with Crippen LogP contribution in [0.4, 0.5) is 0 Å². The normalized spacial score (nSPS) is 24.8. The maximum Gasteiger partial charge on any atom is 0.118 e. The number of nitriles is 1. The van der Waals surface area contributed by atoms with Gasteiger partial charge in [0.15, 0.2) is 0 Å². The highest BCUT2D eigenvalue weighted by Crippen LogP contribution is 2.26. The minimum absolute atomic E-state index is 0.000789. The van der Waals surface area contributed by atoms with Crippen molar-refractivity contribution in [3.05, 3.63) is 29.8 Å². The van der Waals surface area contributed by atoms with Crippen LogP contribution >= 0.6 is 0 Å². The van der Waals surface area contributed by atoms with Gasteiger partial charge in [-0.05, 0) is 37.0 Å². The molecule has 2 atom stereocenters. The van der Waals surface area contributed by atoms with Crippen molar-refractivity contribution in [2.24, 2.45) is 0 Å². The molecule has 1 aromatic rings. The second-order valence-electron chi connectivity index (χ2n) is 4.11. The molecular weight excluding hydrogens is 200 g/mol. The second kappa shape index (κ2) is 5.00. The third-order valence-corrected chi connectivity index (χ3v) is 3.06. The number of benzene rings is 1. The molecule has 1 aliphatic rings. The third-order valence-electron chi connectivity index (χ3n) is 3.06. The number of nitrogens with one attached hydrogen (secondary N) is 1. The zero-order valence-electron chi connectivity index (χ0n) is 9.44. The molecule has 84 valence electrons. The molecular formula is C13H16N2O. The van der Waals surface area contributed by atoms with Crippen LogP contribution in [0.25, 0.3) is 0 Å². The summed E-state index contributed by atoms with van der Waals surface area (Å²) >= 11 is 0. The Bertz CT molecular complexity index is 380. The van der Waals surface area contributed by atoms with Crippen LogP contribution in [0, 0.1) is 11.3 Å². The number of hydrogen-bond acceptors (Lipinski definition) is 3. The zero-order chi connectivity index (χ0) is 11.4. The Morgan fingerprint density at radius 1 is 1.31 bits per heavy atom. The minimum atomic E-state index is 0.000789. The smallest absolute Gasteiger partial charge is 0.118 e. The van der Waals surface area contributed by atoms with Crippen LogP contribution in [0.2, 0.25) is 0 Å². The molecule has 1 heterocycles. The first-order valence-corrected chi connectivity index (χ1v) is 5.63. The van der Waals surface area contributed by atoms with Gasteiger partial charge in [-0.15, -0.1) is 0 Å². The molecule has 0 radical (unpaired) electrons. The summed E-state index contributed by atoms with van der Waals surface area (Å²) in [6.07, 6.45) is 3.18. The van der Waals surface area contributed by atoms with Crippen molar-refractivity contribution in [1.82, 2.24) is 5.32 Å². The number of piperidine rings is 1. The predicted octanol–water partition coefficient (Wildman–Crippen LogP) is 2.40. The number of methoxy groups -OCH3 is 1. The maximum atomic E-state index is 8.91. The molecule has 2 rings (SSSR count).